The molecule has 3 nitrogen and oxygen atoms in total. The smallest absolute Gasteiger partial charge is 0.160 e. The summed E-state index contributed by atoms with van der Waals surface area (Å²) in [6, 6.07) is 3.69. The molecule has 0 aliphatic heterocycles. The van der Waals surface area contributed by atoms with E-state index in [-0.39, 0.29) is 5.78 Å². The number of rotatable bonds is 5. The Morgan fingerprint density at radius 3 is 1.83 bits per heavy atom. The van der Waals surface area contributed by atoms with Gasteiger partial charge < -0.3 is 9.47 Å². The highest BCUT2D eigenvalue weighted by Gasteiger charge is 2.28. The molecule has 1 aromatic carbocycles. The predicted octanol–water partition coefficient (Wildman–Crippen LogP) is 3.28. The second kappa shape index (κ2) is 4.30. The Labute approximate surface area is 107 Å². The van der Waals surface area contributed by atoms with Gasteiger partial charge in [0.2, 0.25) is 0 Å². The molecule has 18 heavy (non-hydrogen) atoms. The quantitative estimate of drug-likeness (QED) is 0.748. The van der Waals surface area contributed by atoms with Gasteiger partial charge in [0.25, 0.3) is 0 Å². The molecule has 0 atom stereocenters. The predicted molar refractivity (Wildman–Crippen MR) is 68.5 cm³/mol. The molecule has 0 spiro atoms. The maximum atomic E-state index is 11.6. The van der Waals surface area contributed by atoms with Gasteiger partial charge in [0.05, 0.1) is 12.2 Å². The number of ketones is 1. The highest BCUT2D eigenvalue weighted by molar-refractivity contribution is 5.95. The van der Waals surface area contributed by atoms with Crippen LogP contribution in [0.3, 0.4) is 0 Å². The molecule has 0 unspecified atom stereocenters. The van der Waals surface area contributed by atoms with Crippen LogP contribution in [0.1, 0.15) is 48.5 Å². The molecule has 0 saturated heterocycles. The van der Waals surface area contributed by atoms with E-state index < -0.39 is 0 Å². The Hall–Kier alpha value is -1.51. The first kappa shape index (κ1) is 11.6. The van der Waals surface area contributed by atoms with E-state index in [1.165, 1.54) is 0 Å². The molecule has 2 aliphatic rings. The number of Topliss-reactive ketones (excluding diaryl/α,β-unsaturated/α-hetero) is 1. The first-order valence-corrected chi connectivity index (χ1v) is 6.62. The Bertz CT molecular complexity index is 450. The summed E-state index contributed by atoms with van der Waals surface area (Å²) in [6.07, 6.45) is 5.12. The van der Waals surface area contributed by atoms with Crippen molar-refractivity contribution in [1.82, 2.24) is 0 Å². The summed E-state index contributed by atoms with van der Waals surface area (Å²) >= 11 is 0. The summed E-state index contributed by atoms with van der Waals surface area (Å²) in [4.78, 5) is 11.6. The molecule has 3 heteroatoms. The van der Waals surface area contributed by atoms with Gasteiger partial charge in [-0.1, -0.05) is 0 Å². The van der Waals surface area contributed by atoms with Crippen molar-refractivity contribution in [3.8, 4) is 11.5 Å². The van der Waals surface area contributed by atoms with Gasteiger partial charge in [-0.15, -0.1) is 0 Å². The zero-order valence-corrected chi connectivity index (χ0v) is 10.9. The van der Waals surface area contributed by atoms with Crippen LogP contribution in [0.25, 0.3) is 0 Å². The third-order valence-corrected chi connectivity index (χ3v) is 3.35. The first-order valence-electron chi connectivity index (χ1n) is 6.62. The maximum Gasteiger partial charge on any atom is 0.160 e. The van der Waals surface area contributed by atoms with E-state index >= 15 is 0 Å². The summed E-state index contributed by atoms with van der Waals surface area (Å²) in [6.45, 7) is 3.58. The van der Waals surface area contributed by atoms with Crippen LogP contribution in [-0.2, 0) is 0 Å². The van der Waals surface area contributed by atoms with Crippen molar-refractivity contribution in [3.05, 3.63) is 23.3 Å². The third kappa shape index (κ3) is 2.50. The second-order valence-electron chi connectivity index (χ2n) is 5.29. The summed E-state index contributed by atoms with van der Waals surface area (Å²) in [5.41, 5.74) is 1.69. The van der Waals surface area contributed by atoms with E-state index in [0.717, 1.165) is 42.7 Å². The van der Waals surface area contributed by atoms with Gasteiger partial charge >= 0.3 is 0 Å². The molecule has 0 aromatic heterocycles. The van der Waals surface area contributed by atoms with Crippen molar-refractivity contribution in [2.75, 3.05) is 0 Å². The van der Waals surface area contributed by atoms with Gasteiger partial charge in [-0.05, 0) is 51.7 Å². The second-order valence-corrected chi connectivity index (χ2v) is 5.29. The fourth-order valence-electron chi connectivity index (χ4n) is 1.84. The lowest BCUT2D eigenvalue weighted by Gasteiger charge is -2.15. The monoisotopic (exact) mass is 246 g/mol. The van der Waals surface area contributed by atoms with Crippen molar-refractivity contribution < 1.29 is 14.3 Å². The van der Waals surface area contributed by atoms with E-state index in [9.17, 15) is 4.79 Å². The van der Waals surface area contributed by atoms with Crippen molar-refractivity contribution in [2.45, 2.75) is 51.7 Å². The van der Waals surface area contributed by atoms with Gasteiger partial charge in [-0.2, -0.15) is 0 Å². The molecule has 2 saturated carbocycles. The SMILES string of the molecule is CC(=O)c1cc(OC2CC2)c(C)c(OC2CC2)c1. The van der Waals surface area contributed by atoms with Crippen LogP contribution in [0.5, 0.6) is 11.5 Å². The third-order valence-electron chi connectivity index (χ3n) is 3.35. The van der Waals surface area contributed by atoms with Crippen molar-refractivity contribution in [3.63, 3.8) is 0 Å². The number of benzene rings is 1. The van der Waals surface area contributed by atoms with E-state index in [1.807, 2.05) is 19.1 Å². The summed E-state index contributed by atoms with van der Waals surface area (Å²) in [7, 11) is 0. The van der Waals surface area contributed by atoms with E-state index in [1.54, 1.807) is 6.92 Å². The lowest BCUT2D eigenvalue weighted by Crippen LogP contribution is -2.05. The van der Waals surface area contributed by atoms with Crippen molar-refractivity contribution in [2.24, 2.45) is 0 Å². The Morgan fingerprint density at radius 1 is 1.06 bits per heavy atom. The minimum Gasteiger partial charge on any atom is -0.490 e. The van der Waals surface area contributed by atoms with Gasteiger partial charge in [0.1, 0.15) is 11.5 Å². The number of carbonyl (C=O) groups is 1. The summed E-state index contributed by atoms with van der Waals surface area (Å²) < 4.78 is 11.7. The number of hydrogen-bond acceptors (Lipinski definition) is 3. The van der Waals surface area contributed by atoms with Crippen LogP contribution < -0.4 is 9.47 Å². The number of hydrogen-bond donors (Lipinski definition) is 0. The first-order chi connectivity index (χ1) is 8.63. The summed E-state index contributed by atoms with van der Waals surface area (Å²) in [5.74, 6) is 1.66. The highest BCUT2D eigenvalue weighted by Crippen LogP contribution is 2.37. The molecule has 1 aromatic rings. The summed E-state index contributed by atoms with van der Waals surface area (Å²) in [5, 5.41) is 0. The molecular formula is C15H18O3. The van der Waals surface area contributed by atoms with E-state index in [0.29, 0.717) is 17.8 Å². The maximum absolute atomic E-state index is 11.6. The lowest BCUT2D eigenvalue weighted by molar-refractivity contribution is 0.101. The molecule has 96 valence electrons. The molecule has 2 fully saturated rings. The minimum absolute atomic E-state index is 0.0521. The normalized spacial score (nSPS) is 18.6. The molecule has 0 bridgehead atoms. The highest BCUT2D eigenvalue weighted by atomic mass is 16.5. The average Bonchev–Trinajstić information content (AvgIpc) is 3.18. The van der Waals surface area contributed by atoms with E-state index in [4.69, 9.17) is 9.47 Å². The van der Waals surface area contributed by atoms with Crippen LogP contribution in [0.15, 0.2) is 12.1 Å². The zero-order valence-electron chi connectivity index (χ0n) is 10.9. The minimum atomic E-state index is 0.0521. The fraction of sp³-hybridized carbons (Fsp3) is 0.533. The molecule has 0 N–H and O–H groups in total. The molecule has 2 aliphatic carbocycles. The van der Waals surface area contributed by atoms with Gasteiger partial charge in [0.15, 0.2) is 5.78 Å². The molecule has 0 radical (unpaired) electrons. The molecule has 3 rings (SSSR count). The average molecular weight is 246 g/mol. The van der Waals surface area contributed by atoms with Gasteiger partial charge in [-0.3, -0.25) is 4.79 Å². The van der Waals surface area contributed by atoms with Crippen molar-refractivity contribution >= 4 is 5.78 Å². The van der Waals surface area contributed by atoms with Gasteiger partial charge in [0, 0.05) is 11.1 Å². The van der Waals surface area contributed by atoms with Crippen molar-refractivity contribution in [1.29, 1.82) is 0 Å². The largest absolute Gasteiger partial charge is 0.490 e. The fourth-order valence-corrected chi connectivity index (χ4v) is 1.84. The Balaban J connectivity index is 1.93. The topological polar surface area (TPSA) is 35.5 Å². The molecule has 0 heterocycles. The van der Waals surface area contributed by atoms with Crippen LogP contribution in [0.4, 0.5) is 0 Å². The Morgan fingerprint density at radius 2 is 1.50 bits per heavy atom. The number of ether oxygens (including phenoxy) is 2. The van der Waals surface area contributed by atoms with E-state index in [2.05, 4.69) is 0 Å². The van der Waals surface area contributed by atoms with Crippen LogP contribution in [-0.4, -0.2) is 18.0 Å². The number of carbonyl (C=O) groups excluding carboxylic acids is 1. The van der Waals surface area contributed by atoms with Gasteiger partial charge in [-0.25, -0.2) is 0 Å². The van der Waals surface area contributed by atoms with Crippen LogP contribution in [0.2, 0.25) is 0 Å². The Kier molecular flexibility index (Phi) is 2.77. The zero-order chi connectivity index (χ0) is 12.7. The molecular weight excluding hydrogens is 228 g/mol. The standard InChI is InChI=1S/C15H18O3/c1-9-14(17-12-3-4-12)7-11(10(2)16)8-15(9)18-13-5-6-13/h7-8,12-13H,3-6H2,1-2H3. The lowest BCUT2D eigenvalue weighted by atomic mass is 10.1. The molecule has 0 amide bonds. The van der Waals surface area contributed by atoms with Crippen LogP contribution in [0, 0.1) is 6.92 Å². The van der Waals surface area contributed by atoms with Crippen LogP contribution >= 0.6 is 0 Å².